The number of ketones is 1. The molecule has 0 bridgehead atoms. The van der Waals surface area contributed by atoms with Gasteiger partial charge < -0.3 is 0 Å². The fourth-order valence-corrected chi connectivity index (χ4v) is 4.58. The largest absolute Gasteiger partial charge is 0.298 e. The topological polar surface area (TPSA) is 17.1 Å². The average molecular weight is 341 g/mol. The van der Waals surface area contributed by atoms with Crippen LogP contribution in [0.5, 0.6) is 0 Å². The molecule has 104 valence electrons. The summed E-state index contributed by atoms with van der Waals surface area (Å²) in [6, 6.07) is 8.11. The van der Waals surface area contributed by atoms with E-state index in [1.54, 1.807) is 11.8 Å². The van der Waals surface area contributed by atoms with E-state index >= 15 is 0 Å². The zero-order chi connectivity index (χ0) is 13.8. The minimum absolute atomic E-state index is 0.286. The van der Waals surface area contributed by atoms with Gasteiger partial charge in [0.05, 0.1) is 5.75 Å². The van der Waals surface area contributed by atoms with Gasteiger partial charge in [0.2, 0.25) is 0 Å². The highest BCUT2D eigenvalue weighted by Gasteiger charge is 2.28. The van der Waals surface area contributed by atoms with Crippen molar-refractivity contribution < 1.29 is 4.79 Å². The first-order chi connectivity index (χ1) is 9.06. The summed E-state index contributed by atoms with van der Waals surface area (Å²) < 4.78 is 1.08. The van der Waals surface area contributed by atoms with Gasteiger partial charge in [0, 0.05) is 15.3 Å². The normalized spacial score (nSPS) is 27.2. The van der Waals surface area contributed by atoms with Gasteiger partial charge in [-0.15, -0.1) is 11.8 Å². The predicted octanol–water partition coefficient (Wildman–Crippen LogP) is 5.18. The second-order valence-corrected chi connectivity index (χ2v) is 7.67. The molecule has 1 aromatic carbocycles. The summed E-state index contributed by atoms with van der Waals surface area (Å²) in [5.41, 5.74) is 0. The maximum absolute atomic E-state index is 12.3. The predicted molar refractivity (Wildman–Crippen MR) is 85.5 cm³/mol. The molecule has 0 N–H and O–H groups in total. The fraction of sp³-hybridized carbons (Fsp3) is 0.562. The Balaban J connectivity index is 1.89. The minimum atomic E-state index is 0.286. The molecule has 0 aromatic heterocycles. The Morgan fingerprint density at radius 1 is 1.21 bits per heavy atom. The van der Waals surface area contributed by atoms with Crippen LogP contribution in [0, 0.1) is 17.8 Å². The SMILES string of the molecule is CC1CC(C)CC(C(=O)CSc2ccccc2Br)C1. The summed E-state index contributed by atoms with van der Waals surface area (Å²) in [6.07, 6.45) is 3.44. The van der Waals surface area contributed by atoms with Gasteiger partial charge in [0.25, 0.3) is 0 Å². The third kappa shape index (κ3) is 4.35. The molecular weight excluding hydrogens is 320 g/mol. The number of rotatable bonds is 4. The van der Waals surface area contributed by atoms with E-state index in [1.807, 2.05) is 18.2 Å². The van der Waals surface area contributed by atoms with Crippen LogP contribution < -0.4 is 0 Å². The van der Waals surface area contributed by atoms with E-state index in [1.165, 1.54) is 6.42 Å². The molecule has 1 aliphatic carbocycles. The van der Waals surface area contributed by atoms with Gasteiger partial charge in [-0.3, -0.25) is 4.79 Å². The van der Waals surface area contributed by atoms with Crippen LogP contribution in [-0.2, 0) is 4.79 Å². The maximum Gasteiger partial charge on any atom is 0.146 e. The van der Waals surface area contributed by atoms with Crippen molar-refractivity contribution in [3.05, 3.63) is 28.7 Å². The van der Waals surface area contributed by atoms with Crippen LogP contribution in [0.2, 0.25) is 0 Å². The number of thioether (sulfide) groups is 1. The third-order valence-electron chi connectivity index (χ3n) is 3.84. The van der Waals surface area contributed by atoms with Crippen molar-refractivity contribution in [1.82, 2.24) is 0 Å². The lowest BCUT2D eigenvalue weighted by Crippen LogP contribution is -2.27. The van der Waals surface area contributed by atoms with E-state index in [0.717, 1.165) is 22.2 Å². The Bertz CT molecular complexity index is 436. The van der Waals surface area contributed by atoms with E-state index < -0.39 is 0 Å². The van der Waals surface area contributed by atoms with Gasteiger partial charge in [0.1, 0.15) is 5.78 Å². The van der Waals surface area contributed by atoms with Crippen LogP contribution >= 0.6 is 27.7 Å². The van der Waals surface area contributed by atoms with Crippen molar-refractivity contribution in [1.29, 1.82) is 0 Å². The first-order valence-electron chi connectivity index (χ1n) is 6.96. The number of benzene rings is 1. The van der Waals surface area contributed by atoms with Crippen molar-refractivity contribution in [3.63, 3.8) is 0 Å². The molecular formula is C16H21BrOS. The van der Waals surface area contributed by atoms with Crippen molar-refractivity contribution >= 4 is 33.5 Å². The van der Waals surface area contributed by atoms with Gasteiger partial charge in [-0.05, 0) is 59.2 Å². The molecule has 0 spiro atoms. The molecule has 19 heavy (non-hydrogen) atoms. The maximum atomic E-state index is 12.3. The van der Waals surface area contributed by atoms with Crippen molar-refractivity contribution in [2.45, 2.75) is 38.0 Å². The molecule has 1 aliphatic rings. The lowest BCUT2D eigenvalue weighted by atomic mass is 9.75. The number of hydrogen-bond acceptors (Lipinski definition) is 2. The number of halogens is 1. The monoisotopic (exact) mass is 340 g/mol. The number of hydrogen-bond donors (Lipinski definition) is 0. The molecule has 3 heteroatoms. The average Bonchev–Trinajstić information content (AvgIpc) is 2.36. The van der Waals surface area contributed by atoms with E-state index in [0.29, 0.717) is 23.4 Å². The quantitative estimate of drug-likeness (QED) is 0.702. The fourth-order valence-electron chi connectivity index (χ4n) is 3.04. The van der Waals surface area contributed by atoms with Crippen molar-refractivity contribution in [2.75, 3.05) is 5.75 Å². The van der Waals surface area contributed by atoms with Gasteiger partial charge >= 0.3 is 0 Å². The molecule has 2 unspecified atom stereocenters. The van der Waals surface area contributed by atoms with Crippen LogP contribution in [0.1, 0.15) is 33.1 Å². The zero-order valence-electron chi connectivity index (χ0n) is 11.6. The molecule has 2 atom stereocenters. The summed E-state index contributed by atoms with van der Waals surface area (Å²) in [6.45, 7) is 4.55. The summed E-state index contributed by atoms with van der Waals surface area (Å²) in [5.74, 6) is 2.72. The van der Waals surface area contributed by atoms with Gasteiger partial charge in [-0.1, -0.05) is 26.0 Å². The van der Waals surface area contributed by atoms with Crippen LogP contribution in [0.4, 0.5) is 0 Å². The lowest BCUT2D eigenvalue weighted by Gasteiger charge is -2.30. The summed E-state index contributed by atoms with van der Waals surface area (Å²) in [7, 11) is 0. The lowest BCUT2D eigenvalue weighted by molar-refractivity contribution is -0.122. The zero-order valence-corrected chi connectivity index (χ0v) is 14.0. The highest BCUT2D eigenvalue weighted by atomic mass is 79.9. The van der Waals surface area contributed by atoms with E-state index in [2.05, 4.69) is 35.8 Å². The number of Topliss-reactive ketones (excluding diaryl/α,β-unsaturated/α-hetero) is 1. The van der Waals surface area contributed by atoms with Gasteiger partial charge in [-0.25, -0.2) is 0 Å². The molecule has 0 saturated heterocycles. The second-order valence-electron chi connectivity index (χ2n) is 5.80. The molecule has 1 fully saturated rings. The molecule has 0 amide bonds. The minimum Gasteiger partial charge on any atom is -0.298 e. The Labute approximate surface area is 128 Å². The smallest absolute Gasteiger partial charge is 0.146 e. The standard InChI is InChI=1S/C16H21BrOS/c1-11-7-12(2)9-13(8-11)15(18)10-19-16-6-4-3-5-14(16)17/h3-6,11-13H,7-10H2,1-2H3. The number of carbonyl (C=O) groups is 1. The molecule has 0 aliphatic heterocycles. The second kappa shape index (κ2) is 6.94. The summed E-state index contributed by atoms with van der Waals surface area (Å²) in [5, 5.41) is 0. The summed E-state index contributed by atoms with van der Waals surface area (Å²) >= 11 is 5.18. The van der Waals surface area contributed by atoms with Crippen molar-refractivity contribution in [3.8, 4) is 0 Å². The summed E-state index contributed by atoms with van der Waals surface area (Å²) in [4.78, 5) is 13.5. The van der Waals surface area contributed by atoms with Crippen LogP contribution in [0.3, 0.4) is 0 Å². The third-order valence-corrected chi connectivity index (χ3v) is 5.89. The number of carbonyl (C=O) groups excluding carboxylic acids is 1. The Morgan fingerprint density at radius 3 is 2.47 bits per heavy atom. The van der Waals surface area contributed by atoms with Crippen molar-refractivity contribution in [2.24, 2.45) is 17.8 Å². The highest BCUT2D eigenvalue weighted by molar-refractivity contribution is 9.10. The first kappa shape index (κ1) is 15.1. The Kier molecular flexibility index (Phi) is 5.52. The molecule has 1 saturated carbocycles. The molecule has 0 heterocycles. The van der Waals surface area contributed by atoms with Crippen LogP contribution in [0.15, 0.2) is 33.6 Å². The molecule has 2 rings (SSSR count). The van der Waals surface area contributed by atoms with E-state index in [-0.39, 0.29) is 5.92 Å². The Morgan fingerprint density at radius 2 is 1.84 bits per heavy atom. The van der Waals surface area contributed by atoms with Gasteiger partial charge in [-0.2, -0.15) is 0 Å². The van der Waals surface area contributed by atoms with Gasteiger partial charge in [0.15, 0.2) is 0 Å². The molecule has 0 radical (unpaired) electrons. The highest BCUT2D eigenvalue weighted by Crippen LogP contribution is 2.35. The molecule has 1 nitrogen and oxygen atoms in total. The Hall–Kier alpha value is -0.280. The van der Waals surface area contributed by atoms with Crippen LogP contribution in [0.25, 0.3) is 0 Å². The van der Waals surface area contributed by atoms with E-state index in [9.17, 15) is 4.79 Å². The first-order valence-corrected chi connectivity index (χ1v) is 8.74. The van der Waals surface area contributed by atoms with Crippen LogP contribution in [-0.4, -0.2) is 11.5 Å². The molecule has 1 aromatic rings. The van der Waals surface area contributed by atoms with E-state index in [4.69, 9.17) is 0 Å².